The van der Waals surface area contributed by atoms with Crippen molar-refractivity contribution < 1.29 is 23.4 Å². The molecule has 4 nitrogen and oxygen atoms in total. The largest absolute Gasteiger partial charge is 0.497 e. The summed E-state index contributed by atoms with van der Waals surface area (Å²) in [5, 5.41) is 0. The number of methoxy groups -OCH3 is 2. The van der Waals surface area contributed by atoms with E-state index in [4.69, 9.17) is 9.47 Å². The number of carbonyl (C=O) groups is 1. The van der Waals surface area contributed by atoms with E-state index in [0.717, 1.165) is 42.6 Å². The van der Waals surface area contributed by atoms with Gasteiger partial charge >= 0.3 is 5.97 Å². The number of ether oxygens (including phenoxy) is 3. The lowest BCUT2D eigenvalue weighted by Crippen LogP contribution is -2.20. The molecule has 1 saturated carbocycles. The van der Waals surface area contributed by atoms with Crippen molar-refractivity contribution in [3.63, 3.8) is 0 Å². The second-order valence-electron chi connectivity index (χ2n) is 7.64. The predicted octanol–water partition coefficient (Wildman–Crippen LogP) is 5.29. The Morgan fingerprint density at radius 1 is 1.03 bits per heavy atom. The molecule has 0 aliphatic heterocycles. The third-order valence-corrected chi connectivity index (χ3v) is 5.72. The monoisotopic (exact) mass is 400 g/mol. The van der Waals surface area contributed by atoms with E-state index in [9.17, 15) is 9.18 Å². The van der Waals surface area contributed by atoms with Crippen LogP contribution in [0.3, 0.4) is 0 Å². The van der Waals surface area contributed by atoms with Gasteiger partial charge < -0.3 is 14.2 Å². The zero-order valence-corrected chi connectivity index (χ0v) is 17.2. The van der Waals surface area contributed by atoms with Crippen LogP contribution in [0.5, 0.6) is 11.5 Å². The van der Waals surface area contributed by atoms with Gasteiger partial charge in [0, 0.05) is 6.42 Å². The zero-order chi connectivity index (χ0) is 20.6. The fourth-order valence-electron chi connectivity index (χ4n) is 3.96. The number of rotatable bonds is 8. The molecule has 0 radical (unpaired) electrons. The molecule has 2 aromatic rings. The molecule has 0 N–H and O–H groups in total. The van der Waals surface area contributed by atoms with Crippen LogP contribution in [0.1, 0.15) is 49.1 Å². The fourth-order valence-corrected chi connectivity index (χ4v) is 3.96. The van der Waals surface area contributed by atoms with Gasteiger partial charge in [0.15, 0.2) is 0 Å². The molecule has 2 aromatic carbocycles. The SMILES string of the molecule is COC(=O)CCc1cccc(OCC2CCC(c3cc(OC)ccc3F)CC2)c1. The van der Waals surface area contributed by atoms with Crippen molar-refractivity contribution in [3.05, 3.63) is 59.4 Å². The molecule has 0 atom stereocenters. The second kappa shape index (κ2) is 10.3. The van der Waals surface area contributed by atoms with E-state index in [2.05, 4.69) is 4.74 Å². The van der Waals surface area contributed by atoms with Crippen LogP contribution in [0.15, 0.2) is 42.5 Å². The third kappa shape index (κ3) is 5.96. The van der Waals surface area contributed by atoms with Gasteiger partial charge in [-0.05, 0) is 85.4 Å². The average Bonchev–Trinajstić information content (AvgIpc) is 2.77. The van der Waals surface area contributed by atoms with Crippen LogP contribution in [0.25, 0.3) is 0 Å². The van der Waals surface area contributed by atoms with Gasteiger partial charge in [-0.2, -0.15) is 0 Å². The van der Waals surface area contributed by atoms with Crippen LogP contribution >= 0.6 is 0 Å². The number of aryl methyl sites for hydroxylation is 1. The topological polar surface area (TPSA) is 44.8 Å². The normalized spacial score (nSPS) is 18.9. The minimum Gasteiger partial charge on any atom is -0.497 e. The summed E-state index contributed by atoms with van der Waals surface area (Å²) in [7, 11) is 3.01. The van der Waals surface area contributed by atoms with Gasteiger partial charge in [-0.25, -0.2) is 4.39 Å². The fraction of sp³-hybridized carbons (Fsp3) is 0.458. The Morgan fingerprint density at radius 2 is 1.83 bits per heavy atom. The maximum Gasteiger partial charge on any atom is 0.305 e. The molecule has 29 heavy (non-hydrogen) atoms. The van der Waals surface area contributed by atoms with Gasteiger partial charge in [0.2, 0.25) is 0 Å². The van der Waals surface area contributed by atoms with E-state index in [1.54, 1.807) is 13.2 Å². The smallest absolute Gasteiger partial charge is 0.305 e. The Kier molecular flexibility index (Phi) is 7.50. The van der Waals surface area contributed by atoms with Crippen molar-refractivity contribution in [2.24, 2.45) is 5.92 Å². The lowest BCUT2D eigenvalue weighted by molar-refractivity contribution is -0.140. The van der Waals surface area contributed by atoms with E-state index in [-0.39, 0.29) is 17.7 Å². The molecule has 1 aliphatic carbocycles. The Morgan fingerprint density at radius 3 is 2.55 bits per heavy atom. The lowest BCUT2D eigenvalue weighted by Gasteiger charge is -2.29. The van der Waals surface area contributed by atoms with Gasteiger partial charge in [0.25, 0.3) is 0 Å². The van der Waals surface area contributed by atoms with Crippen molar-refractivity contribution >= 4 is 5.97 Å². The standard InChI is InChI=1S/C24H29FO4/c1-27-20-11-12-23(25)22(15-20)19-9-6-18(7-10-19)16-29-21-5-3-4-17(14-21)8-13-24(26)28-2/h3-5,11-12,14-15,18-19H,6-10,13,16H2,1-2H3. The minimum absolute atomic E-state index is 0.144. The number of esters is 1. The first-order valence-electron chi connectivity index (χ1n) is 10.2. The molecule has 0 saturated heterocycles. The summed E-state index contributed by atoms with van der Waals surface area (Å²) in [6.45, 7) is 0.660. The minimum atomic E-state index is -0.208. The highest BCUT2D eigenvalue weighted by molar-refractivity contribution is 5.69. The highest BCUT2D eigenvalue weighted by atomic mass is 19.1. The molecule has 156 valence electrons. The van der Waals surface area contributed by atoms with E-state index in [1.165, 1.54) is 13.2 Å². The Hall–Kier alpha value is -2.56. The number of hydrogen-bond acceptors (Lipinski definition) is 4. The van der Waals surface area contributed by atoms with Crippen molar-refractivity contribution in [1.82, 2.24) is 0 Å². The molecular formula is C24H29FO4. The predicted molar refractivity (Wildman–Crippen MR) is 110 cm³/mol. The molecule has 0 amide bonds. The quantitative estimate of drug-likeness (QED) is 0.565. The van der Waals surface area contributed by atoms with Crippen LogP contribution in [0.2, 0.25) is 0 Å². The summed E-state index contributed by atoms with van der Waals surface area (Å²) < 4.78 is 30.2. The van der Waals surface area contributed by atoms with Crippen molar-refractivity contribution in [2.75, 3.05) is 20.8 Å². The van der Waals surface area contributed by atoms with Crippen LogP contribution in [0.4, 0.5) is 4.39 Å². The zero-order valence-electron chi connectivity index (χ0n) is 17.2. The summed E-state index contributed by atoms with van der Waals surface area (Å²) >= 11 is 0. The van der Waals surface area contributed by atoms with Gasteiger partial charge in [-0.15, -0.1) is 0 Å². The number of hydrogen-bond donors (Lipinski definition) is 0. The summed E-state index contributed by atoms with van der Waals surface area (Å²) in [6, 6.07) is 12.9. The molecule has 0 bridgehead atoms. The summed E-state index contributed by atoms with van der Waals surface area (Å²) in [4.78, 5) is 11.3. The van der Waals surface area contributed by atoms with Gasteiger partial charge in [0.1, 0.15) is 17.3 Å². The van der Waals surface area contributed by atoms with Gasteiger partial charge in [0.05, 0.1) is 20.8 Å². The molecular weight excluding hydrogens is 371 g/mol. The molecule has 5 heteroatoms. The highest BCUT2D eigenvalue weighted by Crippen LogP contribution is 2.38. The first-order chi connectivity index (χ1) is 14.1. The maximum atomic E-state index is 14.2. The van der Waals surface area contributed by atoms with Crippen LogP contribution in [-0.4, -0.2) is 26.8 Å². The molecule has 0 heterocycles. The van der Waals surface area contributed by atoms with Crippen molar-refractivity contribution in [2.45, 2.75) is 44.4 Å². The molecule has 1 aliphatic rings. The highest BCUT2D eigenvalue weighted by Gasteiger charge is 2.25. The molecule has 1 fully saturated rings. The molecule has 0 spiro atoms. The van der Waals surface area contributed by atoms with Crippen molar-refractivity contribution in [1.29, 1.82) is 0 Å². The second-order valence-corrected chi connectivity index (χ2v) is 7.64. The Balaban J connectivity index is 1.48. The average molecular weight is 400 g/mol. The number of halogens is 1. The molecule has 3 rings (SSSR count). The third-order valence-electron chi connectivity index (χ3n) is 5.72. The summed E-state index contributed by atoms with van der Waals surface area (Å²) in [5.74, 6) is 1.89. The molecule has 0 aromatic heterocycles. The molecule has 0 unspecified atom stereocenters. The summed E-state index contributed by atoms with van der Waals surface area (Å²) in [6.07, 6.45) is 4.95. The number of benzene rings is 2. The summed E-state index contributed by atoms with van der Waals surface area (Å²) in [5.41, 5.74) is 1.83. The Labute approximate surface area is 172 Å². The Bertz CT molecular complexity index is 812. The van der Waals surface area contributed by atoms with Crippen LogP contribution in [0, 0.1) is 11.7 Å². The van der Waals surface area contributed by atoms with Crippen LogP contribution < -0.4 is 9.47 Å². The van der Waals surface area contributed by atoms with Crippen LogP contribution in [-0.2, 0) is 16.0 Å². The maximum absolute atomic E-state index is 14.2. The first-order valence-corrected chi connectivity index (χ1v) is 10.2. The van der Waals surface area contributed by atoms with Gasteiger partial charge in [-0.1, -0.05) is 12.1 Å². The van der Waals surface area contributed by atoms with E-state index >= 15 is 0 Å². The van der Waals surface area contributed by atoms with E-state index < -0.39 is 0 Å². The lowest BCUT2D eigenvalue weighted by atomic mass is 9.79. The van der Waals surface area contributed by atoms with E-state index in [1.807, 2.05) is 30.3 Å². The van der Waals surface area contributed by atoms with E-state index in [0.29, 0.717) is 31.1 Å². The van der Waals surface area contributed by atoms with Gasteiger partial charge in [-0.3, -0.25) is 4.79 Å². The first kappa shape index (κ1) is 21.2. The van der Waals surface area contributed by atoms with Crippen molar-refractivity contribution in [3.8, 4) is 11.5 Å². The number of carbonyl (C=O) groups excluding carboxylic acids is 1.